The molecule has 124 valence electrons. The van der Waals surface area contributed by atoms with Crippen molar-refractivity contribution in [1.82, 2.24) is 14.7 Å². The largest absolute Gasteiger partial charge is 0.339 e. The molecule has 2 aromatic rings. The first-order valence-corrected chi connectivity index (χ1v) is 9.87. The lowest BCUT2D eigenvalue weighted by Crippen LogP contribution is -2.48. The first kappa shape index (κ1) is 16.4. The molecule has 0 bridgehead atoms. The van der Waals surface area contributed by atoms with Crippen LogP contribution in [0.3, 0.4) is 0 Å². The molecule has 8 heteroatoms. The summed E-state index contributed by atoms with van der Waals surface area (Å²) in [5.41, 5.74) is 1.01. The minimum absolute atomic E-state index is 0.125. The fourth-order valence-electron chi connectivity index (χ4n) is 2.66. The highest BCUT2D eigenvalue weighted by molar-refractivity contribution is 7.91. The first-order valence-electron chi connectivity index (χ1n) is 7.57. The van der Waals surface area contributed by atoms with E-state index in [0.29, 0.717) is 16.7 Å². The third kappa shape index (κ3) is 3.70. The zero-order valence-electron chi connectivity index (χ0n) is 13.2. The van der Waals surface area contributed by atoms with Crippen LogP contribution in [-0.2, 0) is 10.0 Å². The lowest BCUT2D eigenvalue weighted by atomic mass is 10.1. The highest BCUT2D eigenvalue weighted by Gasteiger charge is 2.27. The lowest BCUT2D eigenvalue weighted by Gasteiger charge is -2.32. The van der Waals surface area contributed by atoms with E-state index in [-0.39, 0.29) is 6.04 Å². The molecule has 2 aromatic heterocycles. The molecule has 0 radical (unpaired) electrons. The fourth-order valence-corrected chi connectivity index (χ4v) is 5.45. The minimum atomic E-state index is -3.47. The highest BCUT2D eigenvalue weighted by atomic mass is 32.2. The second-order valence-corrected chi connectivity index (χ2v) is 8.96. The van der Waals surface area contributed by atoms with E-state index in [9.17, 15) is 8.42 Å². The number of anilines is 1. The van der Waals surface area contributed by atoms with E-state index in [1.807, 2.05) is 18.7 Å². The number of hydrogen-bond acceptors (Lipinski definition) is 6. The van der Waals surface area contributed by atoms with Crippen LogP contribution in [0.25, 0.3) is 0 Å². The quantitative estimate of drug-likeness (QED) is 0.912. The molecular formula is C15H20N4O2S2. The molecule has 0 saturated carbocycles. The maximum absolute atomic E-state index is 12.6. The normalized spacial score (nSPS) is 19.0. The average molecular weight is 352 g/mol. The number of nitrogens with one attached hydrogen (secondary N) is 1. The van der Waals surface area contributed by atoms with Crippen LogP contribution in [0.2, 0.25) is 0 Å². The minimum Gasteiger partial charge on any atom is -0.339 e. The molecule has 3 rings (SSSR count). The van der Waals surface area contributed by atoms with Crippen molar-refractivity contribution >= 4 is 27.3 Å². The molecule has 1 N–H and O–H groups in total. The van der Waals surface area contributed by atoms with Gasteiger partial charge in [0.2, 0.25) is 16.0 Å². The van der Waals surface area contributed by atoms with Crippen LogP contribution < -0.4 is 9.62 Å². The highest BCUT2D eigenvalue weighted by Crippen LogP contribution is 2.26. The molecule has 1 unspecified atom stereocenters. The fraction of sp³-hybridized carbons (Fsp3) is 0.467. The van der Waals surface area contributed by atoms with E-state index < -0.39 is 10.0 Å². The Labute approximate surface area is 140 Å². The Kier molecular flexibility index (Phi) is 4.65. The van der Waals surface area contributed by atoms with Gasteiger partial charge in [-0.15, -0.1) is 11.3 Å². The summed E-state index contributed by atoms with van der Waals surface area (Å²) in [6, 6.07) is 3.39. The number of rotatable bonds is 4. The van der Waals surface area contributed by atoms with Crippen molar-refractivity contribution in [2.75, 3.05) is 18.0 Å². The molecule has 0 spiro atoms. The number of nitrogens with zero attached hydrogens (tertiary/aromatic N) is 3. The maximum Gasteiger partial charge on any atom is 0.250 e. The molecule has 3 heterocycles. The predicted molar refractivity (Wildman–Crippen MR) is 91.4 cm³/mol. The zero-order chi connectivity index (χ0) is 16.4. The number of thiophene rings is 1. The molecule has 0 amide bonds. The summed E-state index contributed by atoms with van der Waals surface area (Å²) >= 11 is 1.32. The van der Waals surface area contributed by atoms with Crippen molar-refractivity contribution in [3.05, 3.63) is 35.0 Å². The van der Waals surface area contributed by atoms with Gasteiger partial charge in [-0.25, -0.2) is 23.1 Å². The smallest absolute Gasteiger partial charge is 0.250 e. The Morgan fingerprint density at radius 3 is 2.70 bits per heavy atom. The van der Waals surface area contributed by atoms with Crippen LogP contribution in [0, 0.1) is 13.8 Å². The summed E-state index contributed by atoms with van der Waals surface area (Å²) < 4.78 is 28.3. The lowest BCUT2D eigenvalue weighted by molar-refractivity contribution is 0.462. The van der Waals surface area contributed by atoms with Gasteiger partial charge in [-0.1, -0.05) is 0 Å². The van der Waals surface area contributed by atoms with Gasteiger partial charge in [0, 0.05) is 36.4 Å². The summed E-state index contributed by atoms with van der Waals surface area (Å²) in [5, 5.41) is 0. The van der Waals surface area contributed by atoms with Gasteiger partial charge in [0.1, 0.15) is 4.21 Å². The molecule has 23 heavy (non-hydrogen) atoms. The molecule has 1 atom stereocenters. The Morgan fingerprint density at radius 2 is 2.04 bits per heavy atom. The van der Waals surface area contributed by atoms with Gasteiger partial charge in [-0.05, 0) is 44.4 Å². The standard InChI is InChI=1S/C15H20N4O2S2/c1-11-9-14(22-12(11)2)23(20,21)18-13-5-3-8-19(10-13)15-16-6-4-7-17-15/h4,6-7,9,13,18H,3,5,8,10H2,1-2H3. The Balaban J connectivity index is 1.72. The molecule has 0 aromatic carbocycles. The van der Waals surface area contributed by atoms with E-state index in [1.165, 1.54) is 11.3 Å². The van der Waals surface area contributed by atoms with Crippen LogP contribution in [-0.4, -0.2) is 37.5 Å². The molecular weight excluding hydrogens is 332 g/mol. The summed E-state index contributed by atoms with van der Waals surface area (Å²) in [6.07, 6.45) is 5.14. The third-order valence-electron chi connectivity index (χ3n) is 3.99. The van der Waals surface area contributed by atoms with Crippen molar-refractivity contribution in [3.63, 3.8) is 0 Å². The first-order chi connectivity index (χ1) is 11.0. The van der Waals surface area contributed by atoms with Crippen LogP contribution in [0.15, 0.2) is 28.7 Å². The zero-order valence-corrected chi connectivity index (χ0v) is 14.8. The maximum atomic E-state index is 12.6. The molecule has 1 saturated heterocycles. The second kappa shape index (κ2) is 6.54. The van der Waals surface area contributed by atoms with Crippen molar-refractivity contribution in [3.8, 4) is 0 Å². The molecule has 1 aliphatic rings. The molecule has 0 aliphatic carbocycles. The number of piperidine rings is 1. The molecule has 1 aliphatic heterocycles. The third-order valence-corrected chi connectivity index (χ3v) is 7.13. The Bertz CT molecular complexity index is 755. The van der Waals surface area contributed by atoms with Crippen molar-refractivity contribution in [1.29, 1.82) is 0 Å². The van der Waals surface area contributed by atoms with Crippen molar-refractivity contribution in [2.45, 2.75) is 36.9 Å². The van der Waals surface area contributed by atoms with Gasteiger partial charge in [-0.3, -0.25) is 0 Å². The van der Waals surface area contributed by atoms with E-state index >= 15 is 0 Å². The number of aromatic nitrogens is 2. The van der Waals surface area contributed by atoms with Crippen molar-refractivity contribution in [2.24, 2.45) is 0 Å². The number of hydrogen-bond donors (Lipinski definition) is 1. The summed E-state index contributed by atoms with van der Waals surface area (Å²) in [6.45, 7) is 5.31. The van der Waals surface area contributed by atoms with Gasteiger partial charge >= 0.3 is 0 Å². The summed E-state index contributed by atoms with van der Waals surface area (Å²) in [7, 11) is -3.47. The van der Waals surface area contributed by atoms with E-state index in [0.717, 1.165) is 29.8 Å². The summed E-state index contributed by atoms with van der Waals surface area (Å²) in [4.78, 5) is 11.6. The SMILES string of the molecule is Cc1cc(S(=O)(=O)NC2CCCN(c3ncccn3)C2)sc1C. The Morgan fingerprint density at radius 1 is 1.30 bits per heavy atom. The van der Waals surface area contributed by atoms with Gasteiger partial charge in [0.15, 0.2) is 0 Å². The predicted octanol–water partition coefficient (Wildman–Crippen LogP) is 2.10. The van der Waals surface area contributed by atoms with Gasteiger partial charge in [0.05, 0.1) is 0 Å². The van der Waals surface area contributed by atoms with Crippen LogP contribution in [0.1, 0.15) is 23.3 Å². The number of sulfonamides is 1. The molecule has 6 nitrogen and oxygen atoms in total. The number of aryl methyl sites for hydroxylation is 2. The van der Waals surface area contributed by atoms with Crippen molar-refractivity contribution < 1.29 is 8.42 Å². The van der Waals surface area contributed by atoms with Crippen LogP contribution >= 0.6 is 11.3 Å². The summed E-state index contributed by atoms with van der Waals surface area (Å²) in [5.74, 6) is 0.652. The van der Waals surface area contributed by atoms with Gasteiger partial charge in [0.25, 0.3) is 0 Å². The van der Waals surface area contributed by atoms with Gasteiger partial charge < -0.3 is 4.90 Å². The Hall–Kier alpha value is -1.51. The topological polar surface area (TPSA) is 75.2 Å². The molecule has 1 fully saturated rings. The van der Waals surface area contributed by atoms with Crippen LogP contribution in [0.4, 0.5) is 5.95 Å². The monoisotopic (exact) mass is 352 g/mol. The van der Waals surface area contributed by atoms with E-state index in [1.54, 1.807) is 24.5 Å². The average Bonchev–Trinajstić information content (AvgIpc) is 2.88. The van der Waals surface area contributed by atoms with Crippen LogP contribution in [0.5, 0.6) is 0 Å². The second-order valence-electron chi connectivity index (χ2n) is 5.76. The van der Waals surface area contributed by atoms with E-state index in [4.69, 9.17) is 0 Å². The van der Waals surface area contributed by atoms with E-state index in [2.05, 4.69) is 14.7 Å². The van der Waals surface area contributed by atoms with Gasteiger partial charge in [-0.2, -0.15) is 0 Å².